The highest BCUT2D eigenvalue weighted by molar-refractivity contribution is 7.10. The van der Waals surface area contributed by atoms with E-state index in [2.05, 4.69) is 11.9 Å². The number of benzene rings is 2. The van der Waals surface area contributed by atoms with Crippen molar-refractivity contribution in [3.8, 4) is 0 Å². The van der Waals surface area contributed by atoms with Crippen LogP contribution in [0, 0.1) is 0 Å². The zero-order chi connectivity index (χ0) is 20.2. The summed E-state index contributed by atoms with van der Waals surface area (Å²) in [7, 11) is 0. The van der Waals surface area contributed by atoms with Gasteiger partial charge in [0.15, 0.2) is 6.10 Å². The van der Waals surface area contributed by atoms with Crippen LogP contribution in [0.4, 0.5) is 0 Å². The highest BCUT2D eigenvalue weighted by Gasteiger charge is 2.28. The molecule has 4 rings (SSSR count). The maximum absolute atomic E-state index is 13.5. The van der Waals surface area contributed by atoms with Gasteiger partial charge in [0.25, 0.3) is 0 Å². The molecule has 2 aromatic heterocycles. The fourth-order valence-electron chi connectivity index (χ4n) is 3.49. The standard InChI is InChI=1S/C24H21NO3S/c1-2-16-10-6-12-19-20(15-25-22(16)19)23(27)24(17-8-4-3-5-9-17)28-21(26)14-18-11-7-13-29-18/h3-13,15,24-25H,2,14H2,1H3/t24-/m0/s1. The van der Waals surface area contributed by atoms with Crippen LogP contribution in [0.25, 0.3) is 10.9 Å². The van der Waals surface area contributed by atoms with Gasteiger partial charge in [-0.2, -0.15) is 0 Å². The maximum atomic E-state index is 13.5. The van der Waals surface area contributed by atoms with Gasteiger partial charge in [-0.3, -0.25) is 9.59 Å². The van der Waals surface area contributed by atoms with E-state index < -0.39 is 12.1 Å². The highest BCUT2D eigenvalue weighted by atomic mass is 32.1. The van der Waals surface area contributed by atoms with Crippen molar-refractivity contribution in [2.75, 3.05) is 0 Å². The Morgan fingerprint density at radius 2 is 1.86 bits per heavy atom. The number of Topliss-reactive ketones (excluding diaryl/α,β-unsaturated/α-hetero) is 1. The van der Waals surface area contributed by atoms with Gasteiger partial charge in [-0.15, -0.1) is 11.3 Å². The molecule has 0 aliphatic rings. The molecule has 0 amide bonds. The van der Waals surface area contributed by atoms with E-state index in [-0.39, 0.29) is 12.2 Å². The number of para-hydroxylation sites is 1. The number of esters is 1. The van der Waals surface area contributed by atoms with Gasteiger partial charge in [-0.1, -0.05) is 61.5 Å². The molecule has 5 heteroatoms. The van der Waals surface area contributed by atoms with Crippen LogP contribution in [0.5, 0.6) is 0 Å². The number of rotatable bonds is 7. The van der Waals surface area contributed by atoms with Crippen LogP contribution in [-0.2, 0) is 22.4 Å². The maximum Gasteiger partial charge on any atom is 0.312 e. The van der Waals surface area contributed by atoms with Crippen molar-refractivity contribution in [3.63, 3.8) is 0 Å². The molecule has 2 heterocycles. The molecule has 2 aromatic carbocycles. The Hall–Kier alpha value is -3.18. The van der Waals surface area contributed by atoms with Crippen molar-refractivity contribution in [1.82, 2.24) is 4.98 Å². The number of nitrogens with one attached hydrogen (secondary N) is 1. The summed E-state index contributed by atoms with van der Waals surface area (Å²) in [6.45, 7) is 2.08. The predicted molar refractivity (Wildman–Crippen MR) is 115 cm³/mol. The smallest absolute Gasteiger partial charge is 0.312 e. The van der Waals surface area contributed by atoms with E-state index in [1.54, 1.807) is 6.20 Å². The third-order valence-electron chi connectivity index (χ3n) is 4.94. The summed E-state index contributed by atoms with van der Waals surface area (Å²) in [5.74, 6) is -0.640. The molecule has 0 aliphatic heterocycles. The van der Waals surface area contributed by atoms with Crippen LogP contribution < -0.4 is 0 Å². The average Bonchev–Trinajstić information content (AvgIpc) is 3.41. The lowest BCUT2D eigenvalue weighted by atomic mass is 9.98. The van der Waals surface area contributed by atoms with Gasteiger partial charge < -0.3 is 9.72 Å². The zero-order valence-corrected chi connectivity index (χ0v) is 16.9. The Bertz CT molecular complexity index is 1130. The fourth-order valence-corrected chi connectivity index (χ4v) is 4.18. The van der Waals surface area contributed by atoms with E-state index in [1.165, 1.54) is 11.3 Å². The molecule has 4 nitrogen and oxygen atoms in total. The lowest BCUT2D eigenvalue weighted by Crippen LogP contribution is -2.21. The summed E-state index contributed by atoms with van der Waals surface area (Å²) in [5.41, 5.74) is 3.30. The number of thiophene rings is 1. The number of ketones is 1. The number of hydrogen-bond donors (Lipinski definition) is 1. The van der Waals surface area contributed by atoms with E-state index in [0.29, 0.717) is 11.1 Å². The minimum atomic E-state index is -0.979. The van der Waals surface area contributed by atoms with E-state index in [0.717, 1.165) is 27.8 Å². The normalized spacial score (nSPS) is 12.0. The predicted octanol–water partition coefficient (Wildman–Crippen LogP) is 5.50. The molecule has 146 valence electrons. The van der Waals surface area contributed by atoms with E-state index in [9.17, 15) is 9.59 Å². The van der Waals surface area contributed by atoms with Gasteiger partial charge in [0.05, 0.1) is 6.42 Å². The first-order chi connectivity index (χ1) is 14.2. The Balaban J connectivity index is 1.68. The minimum Gasteiger partial charge on any atom is -0.449 e. The van der Waals surface area contributed by atoms with Crippen molar-refractivity contribution in [3.05, 3.63) is 93.8 Å². The van der Waals surface area contributed by atoms with Crippen molar-refractivity contribution in [2.45, 2.75) is 25.9 Å². The first-order valence-corrected chi connectivity index (χ1v) is 10.5. The number of carbonyl (C=O) groups excluding carboxylic acids is 2. The van der Waals surface area contributed by atoms with Gasteiger partial charge in [0.2, 0.25) is 5.78 Å². The number of aromatic nitrogens is 1. The number of fused-ring (bicyclic) bond motifs is 1. The van der Waals surface area contributed by atoms with Crippen molar-refractivity contribution in [1.29, 1.82) is 0 Å². The molecule has 4 aromatic rings. The van der Waals surface area contributed by atoms with Gasteiger partial charge in [-0.25, -0.2) is 0 Å². The Labute approximate surface area is 173 Å². The summed E-state index contributed by atoms with van der Waals surface area (Å²) in [6, 6.07) is 18.9. The van der Waals surface area contributed by atoms with Crippen molar-refractivity contribution in [2.24, 2.45) is 0 Å². The molecule has 29 heavy (non-hydrogen) atoms. The van der Waals surface area contributed by atoms with Gasteiger partial charge in [-0.05, 0) is 23.4 Å². The summed E-state index contributed by atoms with van der Waals surface area (Å²) in [5, 5.41) is 2.77. The van der Waals surface area contributed by atoms with Crippen LogP contribution in [0.15, 0.2) is 72.2 Å². The van der Waals surface area contributed by atoms with Crippen LogP contribution in [0.1, 0.15) is 39.4 Å². The number of hydrogen-bond acceptors (Lipinski definition) is 4. The first kappa shape index (κ1) is 19.2. The SMILES string of the molecule is CCc1cccc2c(C(=O)[C@@H](OC(=O)Cc3cccs3)c3ccccc3)c[nH]c12. The second kappa shape index (κ2) is 8.45. The second-order valence-electron chi connectivity index (χ2n) is 6.80. The molecule has 1 atom stereocenters. The van der Waals surface area contributed by atoms with Crippen molar-refractivity contribution >= 4 is 34.0 Å². The topological polar surface area (TPSA) is 59.2 Å². The second-order valence-corrected chi connectivity index (χ2v) is 7.83. The van der Waals surface area contributed by atoms with Crippen LogP contribution >= 0.6 is 11.3 Å². The Morgan fingerprint density at radius 3 is 2.59 bits per heavy atom. The molecule has 0 radical (unpaired) electrons. The molecular weight excluding hydrogens is 382 g/mol. The summed E-state index contributed by atoms with van der Waals surface area (Å²) >= 11 is 1.50. The van der Waals surface area contributed by atoms with E-state index in [4.69, 9.17) is 4.74 Å². The molecule has 0 saturated heterocycles. The van der Waals surface area contributed by atoms with Crippen LogP contribution in [-0.4, -0.2) is 16.7 Å². The first-order valence-electron chi connectivity index (χ1n) is 9.57. The molecule has 0 aliphatic carbocycles. The number of carbonyl (C=O) groups is 2. The fraction of sp³-hybridized carbons (Fsp3) is 0.167. The van der Waals surface area contributed by atoms with E-state index in [1.807, 2.05) is 66.0 Å². The number of ether oxygens (including phenoxy) is 1. The zero-order valence-electron chi connectivity index (χ0n) is 16.1. The van der Waals surface area contributed by atoms with Crippen molar-refractivity contribution < 1.29 is 14.3 Å². The third kappa shape index (κ3) is 4.00. The Morgan fingerprint density at radius 1 is 1.03 bits per heavy atom. The largest absolute Gasteiger partial charge is 0.449 e. The number of aromatic amines is 1. The Kier molecular flexibility index (Phi) is 5.58. The molecule has 0 saturated carbocycles. The lowest BCUT2D eigenvalue weighted by molar-refractivity contribution is -0.146. The molecular formula is C24H21NO3S. The molecule has 1 N–H and O–H groups in total. The summed E-state index contributed by atoms with van der Waals surface area (Å²) in [6.07, 6.45) is 1.76. The monoisotopic (exact) mass is 403 g/mol. The number of H-pyrrole nitrogens is 1. The minimum absolute atomic E-state index is 0.155. The average molecular weight is 404 g/mol. The van der Waals surface area contributed by atoms with Crippen LogP contribution in [0.2, 0.25) is 0 Å². The quantitative estimate of drug-likeness (QED) is 0.327. The molecule has 0 bridgehead atoms. The highest BCUT2D eigenvalue weighted by Crippen LogP contribution is 2.29. The molecule has 0 spiro atoms. The molecule has 0 unspecified atom stereocenters. The van der Waals surface area contributed by atoms with E-state index >= 15 is 0 Å². The summed E-state index contributed by atoms with van der Waals surface area (Å²) < 4.78 is 5.71. The van der Waals surface area contributed by atoms with Gasteiger partial charge >= 0.3 is 5.97 Å². The van der Waals surface area contributed by atoms with Gasteiger partial charge in [0.1, 0.15) is 0 Å². The van der Waals surface area contributed by atoms with Gasteiger partial charge in [0, 0.05) is 33.1 Å². The van der Waals surface area contributed by atoms with Crippen LogP contribution in [0.3, 0.4) is 0 Å². The lowest BCUT2D eigenvalue weighted by Gasteiger charge is -2.17. The molecule has 0 fully saturated rings. The summed E-state index contributed by atoms with van der Waals surface area (Å²) in [4.78, 5) is 30.2. The number of aryl methyl sites for hydroxylation is 1. The third-order valence-corrected chi connectivity index (χ3v) is 5.81.